The molecule has 38 heavy (non-hydrogen) atoms. The zero-order valence-corrected chi connectivity index (χ0v) is 22.1. The average molecular weight is 567 g/mol. The quantitative estimate of drug-likeness (QED) is 0.371. The van der Waals surface area contributed by atoms with Gasteiger partial charge in [-0.3, -0.25) is 14.4 Å². The number of hydrogen-bond acceptors (Lipinski definition) is 3. The van der Waals surface area contributed by atoms with Gasteiger partial charge in [-0.2, -0.15) is 13.2 Å². The van der Waals surface area contributed by atoms with Gasteiger partial charge in [0.05, 0.1) is 38.3 Å². The van der Waals surface area contributed by atoms with Gasteiger partial charge in [0, 0.05) is 36.5 Å². The molecule has 1 aromatic heterocycles. The number of hydrogen-bond donors (Lipinski definition) is 1. The number of fused-ring (bicyclic) bond motifs is 2. The van der Waals surface area contributed by atoms with Crippen LogP contribution in [0.1, 0.15) is 50.9 Å². The van der Waals surface area contributed by atoms with Crippen molar-refractivity contribution in [1.29, 1.82) is 0 Å². The molecule has 2 aliphatic rings. The van der Waals surface area contributed by atoms with Crippen LogP contribution in [0.5, 0.6) is 0 Å². The Bertz CT molecular complexity index is 1550. The second-order valence-electron chi connectivity index (χ2n) is 10.1. The zero-order chi connectivity index (χ0) is 27.9. The van der Waals surface area contributed by atoms with Gasteiger partial charge in [0.25, 0.3) is 5.91 Å². The van der Waals surface area contributed by atoms with E-state index in [1.165, 1.54) is 36.7 Å². The molecule has 1 aliphatic carbocycles. The first-order valence-electron chi connectivity index (χ1n) is 11.9. The minimum Gasteiger partial charge on any atom is -0.481 e. The molecule has 11 heteroatoms. The Labute approximate surface area is 225 Å². The highest BCUT2D eigenvalue weighted by atomic mass is 35.5. The maximum atomic E-state index is 13.6. The summed E-state index contributed by atoms with van der Waals surface area (Å²) < 4.78 is 41.5. The van der Waals surface area contributed by atoms with Crippen molar-refractivity contribution in [3.63, 3.8) is 0 Å². The third-order valence-corrected chi connectivity index (χ3v) is 8.95. The minimum absolute atomic E-state index is 0.00486. The molecule has 1 aliphatic heterocycles. The SMILES string of the molecule is CC[C@@]12CN(C(=O)c3ccc(Cl)c(C(=O)c4cc5c(C)cc(C(F)(F)F)cc5n4C)c3Cl)C[C@H]1[C@H]2C(=O)O. The molecule has 3 atom stereocenters. The maximum absolute atomic E-state index is 13.6. The molecule has 6 nitrogen and oxygen atoms in total. The number of piperidine rings is 1. The van der Waals surface area contributed by atoms with Crippen LogP contribution in [0.4, 0.5) is 13.2 Å². The van der Waals surface area contributed by atoms with Crippen molar-refractivity contribution in [2.24, 2.45) is 24.3 Å². The van der Waals surface area contributed by atoms with Crippen molar-refractivity contribution < 1.29 is 32.7 Å². The molecular formula is C27H23Cl2F3N2O4. The lowest BCUT2D eigenvalue weighted by Crippen LogP contribution is -2.35. The number of alkyl halides is 3. The van der Waals surface area contributed by atoms with E-state index in [0.29, 0.717) is 17.4 Å². The van der Waals surface area contributed by atoms with Crippen molar-refractivity contribution in [3.8, 4) is 0 Å². The number of nitrogens with zero attached hydrogens (tertiary/aromatic N) is 2. The van der Waals surface area contributed by atoms with Gasteiger partial charge in [0.15, 0.2) is 0 Å². The van der Waals surface area contributed by atoms with Gasteiger partial charge in [-0.15, -0.1) is 0 Å². The van der Waals surface area contributed by atoms with Crippen LogP contribution in [0, 0.1) is 24.2 Å². The van der Waals surface area contributed by atoms with E-state index in [0.717, 1.165) is 12.1 Å². The standard InChI is InChI=1S/C27H23Cl2F3N2O4/c1-4-26-11-34(10-16(26)21(26)25(37)38)24(36)14-5-6-17(28)20(22(14)29)23(35)19-9-15-12(2)7-13(27(30,31)32)8-18(15)33(19)3/h5-9,16,21H,4,10-11H2,1-3H3,(H,37,38)/t16-,21-,26+/m0/s1. The topological polar surface area (TPSA) is 79.6 Å². The largest absolute Gasteiger partial charge is 0.481 e. The fourth-order valence-corrected chi connectivity index (χ4v) is 6.74. The van der Waals surface area contributed by atoms with Gasteiger partial charge < -0.3 is 14.6 Å². The number of ketones is 1. The van der Waals surface area contributed by atoms with E-state index in [2.05, 4.69) is 0 Å². The molecule has 0 unspecified atom stereocenters. The summed E-state index contributed by atoms with van der Waals surface area (Å²) in [5.74, 6) is -2.56. The summed E-state index contributed by atoms with van der Waals surface area (Å²) in [6.45, 7) is 3.98. The molecule has 3 aromatic rings. The summed E-state index contributed by atoms with van der Waals surface area (Å²) in [7, 11) is 1.48. The number of carbonyl (C=O) groups is 3. The van der Waals surface area contributed by atoms with Crippen molar-refractivity contribution >= 4 is 51.8 Å². The van der Waals surface area contributed by atoms with Crippen LogP contribution in [0.3, 0.4) is 0 Å². The zero-order valence-electron chi connectivity index (χ0n) is 20.6. The van der Waals surface area contributed by atoms with E-state index < -0.39 is 40.7 Å². The first-order chi connectivity index (χ1) is 17.7. The van der Waals surface area contributed by atoms with E-state index in [-0.39, 0.29) is 51.4 Å². The number of rotatable bonds is 5. The van der Waals surface area contributed by atoms with Gasteiger partial charge in [0.2, 0.25) is 5.78 Å². The molecule has 1 saturated heterocycles. The van der Waals surface area contributed by atoms with Gasteiger partial charge in [-0.1, -0.05) is 30.1 Å². The van der Waals surface area contributed by atoms with Crippen molar-refractivity contribution in [2.75, 3.05) is 13.1 Å². The number of aryl methyl sites for hydroxylation is 2. The van der Waals surface area contributed by atoms with Gasteiger partial charge in [0.1, 0.15) is 0 Å². The molecule has 1 amide bonds. The monoisotopic (exact) mass is 566 g/mol. The highest BCUT2D eigenvalue weighted by Gasteiger charge is 2.71. The first kappa shape index (κ1) is 26.6. The Morgan fingerprint density at radius 1 is 1.16 bits per heavy atom. The van der Waals surface area contributed by atoms with E-state index in [4.69, 9.17) is 23.2 Å². The van der Waals surface area contributed by atoms with Gasteiger partial charge in [-0.25, -0.2) is 0 Å². The summed E-state index contributed by atoms with van der Waals surface area (Å²) in [4.78, 5) is 40.2. The lowest BCUT2D eigenvalue weighted by atomic mass is 9.99. The minimum atomic E-state index is -4.55. The summed E-state index contributed by atoms with van der Waals surface area (Å²) in [5.41, 5.74) is -0.741. The van der Waals surface area contributed by atoms with Crippen molar-refractivity contribution in [2.45, 2.75) is 26.4 Å². The Morgan fingerprint density at radius 3 is 2.42 bits per heavy atom. The molecule has 0 radical (unpaired) electrons. The third-order valence-electron chi connectivity index (χ3n) is 8.24. The van der Waals surface area contributed by atoms with Crippen LogP contribution in [-0.4, -0.2) is 45.3 Å². The second-order valence-corrected chi connectivity index (χ2v) is 10.9. The van der Waals surface area contributed by atoms with Crippen LogP contribution in [0.25, 0.3) is 10.9 Å². The normalized spacial score (nSPS) is 22.6. The van der Waals surface area contributed by atoms with E-state index in [1.807, 2.05) is 6.92 Å². The number of carboxylic acids is 1. The number of benzene rings is 2. The highest BCUT2D eigenvalue weighted by Crippen LogP contribution is 2.65. The van der Waals surface area contributed by atoms with Crippen LogP contribution >= 0.6 is 23.2 Å². The second kappa shape index (κ2) is 8.74. The molecule has 0 bridgehead atoms. The molecule has 0 spiro atoms. The van der Waals surface area contributed by atoms with Crippen LogP contribution in [0.2, 0.25) is 10.0 Å². The Balaban J connectivity index is 1.51. The average Bonchev–Trinajstić information content (AvgIpc) is 3.10. The lowest BCUT2D eigenvalue weighted by molar-refractivity contribution is -0.140. The van der Waals surface area contributed by atoms with Gasteiger partial charge >= 0.3 is 12.1 Å². The number of carboxylic acid groups (broad SMARTS) is 1. The molecule has 2 aromatic carbocycles. The number of halogens is 5. The molecule has 2 heterocycles. The number of carbonyl (C=O) groups excluding carboxylic acids is 2. The Hall–Kier alpha value is -3.04. The van der Waals surface area contributed by atoms with E-state index in [1.54, 1.807) is 4.90 Å². The molecule has 200 valence electrons. The predicted octanol–water partition coefficient (Wildman–Crippen LogP) is 6.23. The number of amides is 1. The molecule has 1 N–H and O–H groups in total. The van der Waals surface area contributed by atoms with Crippen LogP contribution < -0.4 is 0 Å². The number of aromatic nitrogens is 1. The van der Waals surface area contributed by atoms with E-state index in [9.17, 15) is 32.7 Å². The maximum Gasteiger partial charge on any atom is 0.416 e. The van der Waals surface area contributed by atoms with Crippen molar-refractivity contribution in [3.05, 3.63) is 68.3 Å². The smallest absolute Gasteiger partial charge is 0.416 e. The molecule has 5 rings (SSSR count). The molecular weight excluding hydrogens is 544 g/mol. The predicted molar refractivity (Wildman–Crippen MR) is 136 cm³/mol. The number of likely N-dealkylation sites (tertiary alicyclic amines) is 1. The van der Waals surface area contributed by atoms with E-state index >= 15 is 0 Å². The van der Waals surface area contributed by atoms with Crippen molar-refractivity contribution in [1.82, 2.24) is 9.47 Å². The highest BCUT2D eigenvalue weighted by molar-refractivity contribution is 6.42. The fraction of sp³-hybridized carbons (Fsp3) is 0.370. The Kier molecular flexibility index (Phi) is 6.11. The van der Waals surface area contributed by atoms with Gasteiger partial charge in [-0.05, 0) is 55.2 Å². The first-order valence-corrected chi connectivity index (χ1v) is 12.7. The third kappa shape index (κ3) is 3.81. The lowest BCUT2D eigenvalue weighted by Gasteiger charge is -2.23. The van der Waals surface area contributed by atoms with Crippen LogP contribution in [0.15, 0.2) is 30.3 Å². The summed E-state index contributed by atoms with van der Waals surface area (Å²) in [5, 5.41) is 9.79. The molecule has 1 saturated carbocycles. The Morgan fingerprint density at radius 2 is 1.84 bits per heavy atom. The summed E-state index contributed by atoms with van der Waals surface area (Å²) >= 11 is 12.9. The molecule has 2 fully saturated rings. The van der Waals surface area contributed by atoms with Crippen LogP contribution in [-0.2, 0) is 18.0 Å². The fourth-order valence-electron chi connectivity index (χ4n) is 6.12. The summed E-state index contributed by atoms with van der Waals surface area (Å²) in [6.07, 6.45) is -3.93. The number of aliphatic carboxylic acids is 1. The summed E-state index contributed by atoms with van der Waals surface area (Å²) in [6, 6.07) is 6.29.